The Morgan fingerprint density at radius 3 is 2.79 bits per heavy atom. The van der Waals surface area contributed by atoms with Crippen LogP contribution in [0, 0.1) is 0 Å². The molecule has 0 bridgehead atoms. The number of halogens is 1. The average Bonchev–Trinajstić information content (AvgIpc) is 3.32. The molecule has 3 aromatic rings. The average molecular weight is 412 g/mol. The largest absolute Gasteiger partial charge is 0.352 e. The smallest absolute Gasteiger partial charge is 0.226 e. The lowest BCUT2D eigenvalue weighted by Crippen LogP contribution is -2.37. The zero-order valence-corrected chi connectivity index (χ0v) is 17.0. The zero-order valence-electron chi connectivity index (χ0n) is 15.5. The first kappa shape index (κ1) is 19.1. The second kappa shape index (κ2) is 8.86. The summed E-state index contributed by atoms with van der Waals surface area (Å²) < 4.78 is 0. The minimum atomic E-state index is 0.0302. The van der Waals surface area contributed by atoms with Crippen LogP contribution in [-0.4, -0.2) is 34.9 Å². The van der Waals surface area contributed by atoms with Crippen molar-refractivity contribution >= 4 is 28.8 Å². The van der Waals surface area contributed by atoms with Crippen LogP contribution in [0.2, 0.25) is 5.02 Å². The van der Waals surface area contributed by atoms with Gasteiger partial charge in [-0.1, -0.05) is 60.1 Å². The number of carbonyl (C=O) groups excluding carboxylic acids is 1. The number of hydrogen-bond donors (Lipinski definition) is 1. The summed E-state index contributed by atoms with van der Waals surface area (Å²) in [6.45, 7) is 2.83. The lowest BCUT2D eigenvalue weighted by Gasteiger charge is -2.16. The van der Waals surface area contributed by atoms with E-state index in [0.717, 1.165) is 42.3 Å². The molecule has 1 saturated heterocycles. The lowest BCUT2D eigenvalue weighted by atomic mass is 10.2. The summed E-state index contributed by atoms with van der Waals surface area (Å²) in [6.07, 6.45) is 1.29. The van der Waals surface area contributed by atoms with E-state index in [2.05, 4.69) is 39.5 Å². The van der Waals surface area contributed by atoms with Crippen molar-refractivity contribution < 1.29 is 4.79 Å². The number of amides is 1. The Hall–Kier alpha value is -2.21. The molecule has 0 saturated carbocycles. The topological polar surface area (TPSA) is 45.2 Å². The van der Waals surface area contributed by atoms with Gasteiger partial charge in [0.25, 0.3) is 0 Å². The number of nitrogens with zero attached hydrogens (tertiary/aromatic N) is 2. The van der Waals surface area contributed by atoms with Gasteiger partial charge in [-0.3, -0.25) is 9.69 Å². The molecule has 1 amide bonds. The maximum Gasteiger partial charge on any atom is 0.226 e. The van der Waals surface area contributed by atoms with Crippen molar-refractivity contribution in [1.82, 2.24) is 15.2 Å². The first-order valence-electron chi connectivity index (χ1n) is 9.42. The van der Waals surface area contributed by atoms with E-state index in [-0.39, 0.29) is 11.9 Å². The van der Waals surface area contributed by atoms with Gasteiger partial charge in [-0.05, 0) is 18.1 Å². The summed E-state index contributed by atoms with van der Waals surface area (Å²) in [7, 11) is 0. The predicted octanol–water partition coefficient (Wildman–Crippen LogP) is 4.40. The highest BCUT2D eigenvalue weighted by Gasteiger charge is 2.24. The predicted molar refractivity (Wildman–Crippen MR) is 115 cm³/mol. The van der Waals surface area contributed by atoms with Crippen LogP contribution < -0.4 is 5.32 Å². The lowest BCUT2D eigenvalue weighted by molar-refractivity contribution is -0.121. The van der Waals surface area contributed by atoms with Gasteiger partial charge in [0.05, 0.1) is 17.1 Å². The highest BCUT2D eigenvalue weighted by molar-refractivity contribution is 7.13. The number of carbonyl (C=O) groups is 1. The molecule has 0 aliphatic carbocycles. The first-order chi connectivity index (χ1) is 13.7. The molecule has 2 aromatic carbocycles. The van der Waals surface area contributed by atoms with Gasteiger partial charge < -0.3 is 5.32 Å². The molecule has 1 aliphatic heterocycles. The van der Waals surface area contributed by atoms with E-state index in [1.807, 2.05) is 35.7 Å². The number of nitrogens with one attached hydrogen (secondary N) is 1. The summed E-state index contributed by atoms with van der Waals surface area (Å²) in [5.41, 5.74) is 3.01. The minimum absolute atomic E-state index is 0.0302. The van der Waals surface area contributed by atoms with E-state index in [9.17, 15) is 4.79 Å². The zero-order chi connectivity index (χ0) is 19.3. The van der Waals surface area contributed by atoms with E-state index in [1.54, 1.807) is 0 Å². The Labute approximate surface area is 174 Å². The molecule has 0 unspecified atom stereocenters. The second-order valence-electron chi connectivity index (χ2n) is 7.07. The molecule has 1 N–H and O–H groups in total. The Morgan fingerprint density at radius 1 is 1.18 bits per heavy atom. The van der Waals surface area contributed by atoms with Crippen LogP contribution in [0.25, 0.3) is 10.6 Å². The number of likely N-dealkylation sites (tertiary alicyclic amines) is 1. The molecule has 144 valence electrons. The van der Waals surface area contributed by atoms with Gasteiger partial charge in [0.15, 0.2) is 0 Å². The van der Waals surface area contributed by atoms with Crippen molar-refractivity contribution in [2.45, 2.75) is 25.4 Å². The number of rotatable bonds is 6. The van der Waals surface area contributed by atoms with Crippen molar-refractivity contribution in [1.29, 1.82) is 0 Å². The van der Waals surface area contributed by atoms with Crippen molar-refractivity contribution in [2.24, 2.45) is 0 Å². The van der Waals surface area contributed by atoms with Gasteiger partial charge in [0.2, 0.25) is 5.91 Å². The molecular formula is C22H22ClN3OS. The summed E-state index contributed by atoms with van der Waals surface area (Å²) in [4.78, 5) is 19.4. The fourth-order valence-electron chi connectivity index (χ4n) is 3.53. The van der Waals surface area contributed by atoms with E-state index in [0.29, 0.717) is 11.4 Å². The summed E-state index contributed by atoms with van der Waals surface area (Å²) >= 11 is 7.76. The van der Waals surface area contributed by atoms with E-state index in [1.165, 1.54) is 16.9 Å². The van der Waals surface area contributed by atoms with Crippen LogP contribution in [0.1, 0.15) is 17.7 Å². The van der Waals surface area contributed by atoms with Gasteiger partial charge in [-0.25, -0.2) is 4.98 Å². The highest BCUT2D eigenvalue weighted by Crippen LogP contribution is 2.30. The van der Waals surface area contributed by atoms with Crippen molar-refractivity contribution in [3.63, 3.8) is 0 Å². The number of benzene rings is 2. The molecular weight excluding hydrogens is 390 g/mol. The third kappa shape index (κ3) is 4.79. The van der Waals surface area contributed by atoms with Gasteiger partial charge in [0, 0.05) is 36.6 Å². The Morgan fingerprint density at radius 2 is 1.96 bits per heavy atom. The summed E-state index contributed by atoms with van der Waals surface area (Å²) in [6, 6.07) is 18.3. The molecule has 2 heterocycles. The third-order valence-corrected chi connectivity index (χ3v) is 6.14. The molecule has 0 spiro atoms. The van der Waals surface area contributed by atoms with Crippen molar-refractivity contribution in [3.05, 3.63) is 76.3 Å². The molecule has 1 fully saturated rings. The first-order valence-corrected chi connectivity index (χ1v) is 10.7. The van der Waals surface area contributed by atoms with Gasteiger partial charge in [-0.15, -0.1) is 11.3 Å². The van der Waals surface area contributed by atoms with E-state index < -0.39 is 0 Å². The molecule has 4 rings (SSSR count). The molecule has 4 nitrogen and oxygen atoms in total. The molecule has 0 radical (unpaired) electrons. The van der Waals surface area contributed by atoms with E-state index >= 15 is 0 Å². The van der Waals surface area contributed by atoms with Crippen LogP contribution in [0.5, 0.6) is 0 Å². The Kier molecular flexibility index (Phi) is 6.05. The molecule has 6 heteroatoms. The fraction of sp³-hybridized carbons (Fsp3) is 0.273. The Balaban J connectivity index is 1.29. The Bertz CT molecular complexity index is 944. The SMILES string of the molecule is O=C(Cc1csc(-c2ccccc2Cl)n1)N[C@H]1CCN(Cc2ccccc2)C1. The monoisotopic (exact) mass is 411 g/mol. The van der Waals surface area contributed by atoms with Gasteiger partial charge in [-0.2, -0.15) is 0 Å². The van der Waals surface area contributed by atoms with Crippen LogP contribution in [0.3, 0.4) is 0 Å². The van der Waals surface area contributed by atoms with Gasteiger partial charge in [0.1, 0.15) is 5.01 Å². The maximum atomic E-state index is 12.5. The number of thiazole rings is 1. The quantitative estimate of drug-likeness (QED) is 0.654. The number of aromatic nitrogens is 1. The second-order valence-corrected chi connectivity index (χ2v) is 8.34. The summed E-state index contributed by atoms with van der Waals surface area (Å²) in [5.74, 6) is 0.0302. The van der Waals surface area contributed by atoms with Gasteiger partial charge >= 0.3 is 0 Å². The minimum Gasteiger partial charge on any atom is -0.352 e. The van der Waals surface area contributed by atoms with Crippen molar-refractivity contribution in [3.8, 4) is 10.6 Å². The third-order valence-electron chi connectivity index (χ3n) is 4.88. The van der Waals surface area contributed by atoms with Crippen LogP contribution >= 0.6 is 22.9 Å². The van der Waals surface area contributed by atoms with Crippen LogP contribution in [0.15, 0.2) is 60.0 Å². The van der Waals surface area contributed by atoms with Crippen molar-refractivity contribution in [2.75, 3.05) is 13.1 Å². The standard InChI is InChI=1S/C22H22ClN3OS/c23-20-9-5-4-8-19(20)22-25-18(15-28-22)12-21(27)24-17-10-11-26(14-17)13-16-6-2-1-3-7-16/h1-9,15,17H,10-14H2,(H,24,27)/t17-/m0/s1. The normalized spacial score (nSPS) is 17.0. The number of hydrogen-bond acceptors (Lipinski definition) is 4. The van der Waals surface area contributed by atoms with E-state index in [4.69, 9.17) is 11.6 Å². The highest BCUT2D eigenvalue weighted by atomic mass is 35.5. The van der Waals surface area contributed by atoms with Crippen LogP contribution in [0.4, 0.5) is 0 Å². The van der Waals surface area contributed by atoms with Crippen LogP contribution in [-0.2, 0) is 17.8 Å². The molecule has 1 aromatic heterocycles. The molecule has 1 aliphatic rings. The molecule has 28 heavy (non-hydrogen) atoms. The maximum absolute atomic E-state index is 12.5. The fourth-order valence-corrected chi connectivity index (χ4v) is 4.67. The summed E-state index contributed by atoms with van der Waals surface area (Å²) in [5, 5.41) is 6.63. The molecule has 1 atom stereocenters.